The first-order valence-corrected chi connectivity index (χ1v) is 8.49. The Morgan fingerprint density at radius 1 is 1.44 bits per heavy atom. The van der Waals surface area contributed by atoms with Gasteiger partial charge in [-0.05, 0) is 59.3 Å². The van der Waals surface area contributed by atoms with E-state index >= 15 is 0 Å². The average molecular weight is 351 g/mol. The van der Waals surface area contributed by atoms with Crippen molar-refractivity contribution in [2.24, 2.45) is 0 Å². The Labute approximate surface area is 126 Å². The smallest absolute Gasteiger partial charge is 0.156 e. The molecule has 1 aliphatic heterocycles. The van der Waals surface area contributed by atoms with Crippen LogP contribution in [0.15, 0.2) is 16.6 Å². The normalized spacial score (nSPS) is 16.6. The highest BCUT2D eigenvalue weighted by molar-refractivity contribution is 9.10. The van der Waals surface area contributed by atoms with E-state index < -0.39 is 0 Å². The highest BCUT2D eigenvalue weighted by atomic mass is 79.9. The topological polar surface area (TPSA) is 21.3 Å². The van der Waals surface area contributed by atoms with Gasteiger partial charge in [0.1, 0.15) is 0 Å². The standard InChI is InChI=1S/C13H17BrClNOS/c1-2-17-13-11(14)7-9(15)8-12(13)16-10-3-5-18-6-4-10/h7-8,10,16H,2-6H2,1H3. The number of benzene rings is 1. The Morgan fingerprint density at radius 3 is 2.83 bits per heavy atom. The molecule has 1 saturated heterocycles. The van der Waals surface area contributed by atoms with E-state index in [9.17, 15) is 0 Å². The Bertz CT molecular complexity index is 410. The molecular formula is C13H17BrClNOS. The monoisotopic (exact) mass is 349 g/mol. The lowest BCUT2D eigenvalue weighted by molar-refractivity contribution is 0.339. The van der Waals surface area contributed by atoms with Crippen LogP contribution in [0.25, 0.3) is 0 Å². The number of thioether (sulfide) groups is 1. The fraction of sp³-hybridized carbons (Fsp3) is 0.538. The minimum atomic E-state index is 0.524. The number of anilines is 1. The molecule has 5 heteroatoms. The summed E-state index contributed by atoms with van der Waals surface area (Å²) in [4.78, 5) is 0. The van der Waals surface area contributed by atoms with Crippen molar-refractivity contribution >= 4 is 45.0 Å². The molecule has 0 aliphatic carbocycles. The zero-order chi connectivity index (χ0) is 13.0. The molecule has 1 aliphatic rings. The van der Waals surface area contributed by atoms with Crippen molar-refractivity contribution in [3.8, 4) is 5.75 Å². The van der Waals surface area contributed by atoms with Gasteiger partial charge >= 0.3 is 0 Å². The molecule has 0 atom stereocenters. The van der Waals surface area contributed by atoms with Crippen molar-refractivity contribution < 1.29 is 4.74 Å². The Hall–Kier alpha value is -0.0600. The molecule has 1 fully saturated rings. The second-order valence-corrected chi connectivity index (χ2v) is 6.74. The number of rotatable bonds is 4. The molecule has 0 saturated carbocycles. The highest BCUT2D eigenvalue weighted by Gasteiger charge is 2.17. The van der Waals surface area contributed by atoms with Crippen LogP contribution in [0, 0.1) is 0 Å². The van der Waals surface area contributed by atoms with Crippen LogP contribution < -0.4 is 10.1 Å². The van der Waals surface area contributed by atoms with E-state index in [2.05, 4.69) is 21.2 Å². The summed E-state index contributed by atoms with van der Waals surface area (Å²) in [6.45, 7) is 2.64. The molecule has 2 nitrogen and oxygen atoms in total. The van der Waals surface area contributed by atoms with E-state index in [1.807, 2.05) is 30.8 Å². The van der Waals surface area contributed by atoms with Gasteiger partial charge in [0.25, 0.3) is 0 Å². The number of halogens is 2. The summed E-state index contributed by atoms with van der Waals surface area (Å²) in [5, 5.41) is 4.28. The largest absolute Gasteiger partial charge is 0.491 e. The molecule has 1 N–H and O–H groups in total. The second-order valence-electron chi connectivity index (χ2n) is 4.23. The van der Waals surface area contributed by atoms with Gasteiger partial charge in [-0.15, -0.1) is 0 Å². The van der Waals surface area contributed by atoms with Crippen LogP contribution in [-0.4, -0.2) is 24.2 Å². The van der Waals surface area contributed by atoms with Crippen molar-refractivity contribution in [2.75, 3.05) is 23.4 Å². The maximum Gasteiger partial charge on any atom is 0.156 e. The van der Waals surface area contributed by atoms with Crippen molar-refractivity contribution in [1.82, 2.24) is 0 Å². The van der Waals surface area contributed by atoms with E-state index in [4.69, 9.17) is 16.3 Å². The molecule has 1 aromatic carbocycles. The molecule has 18 heavy (non-hydrogen) atoms. The molecule has 0 aromatic heterocycles. The molecule has 2 rings (SSSR count). The van der Waals surface area contributed by atoms with Gasteiger partial charge in [-0.25, -0.2) is 0 Å². The van der Waals surface area contributed by atoms with Crippen molar-refractivity contribution in [2.45, 2.75) is 25.8 Å². The summed E-state index contributed by atoms with van der Waals surface area (Å²) < 4.78 is 6.60. The van der Waals surface area contributed by atoms with Gasteiger partial charge in [0, 0.05) is 11.1 Å². The maximum atomic E-state index is 6.11. The Kier molecular flexibility index (Phi) is 5.52. The first kappa shape index (κ1) is 14.4. The highest BCUT2D eigenvalue weighted by Crippen LogP contribution is 2.37. The molecule has 100 valence electrons. The lowest BCUT2D eigenvalue weighted by Crippen LogP contribution is -2.24. The summed E-state index contributed by atoms with van der Waals surface area (Å²) >= 11 is 11.6. The quantitative estimate of drug-likeness (QED) is 0.842. The van der Waals surface area contributed by atoms with Crippen molar-refractivity contribution in [1.29, 1.82) is 0 Å². The summed E-state index contributed by atoms with van der Waals surface area (Å²) in [7, 11) is 0. The predicted octanol–water partition coefficient (Wildman–Crippen LogP) is 4.81. The van der Waals surface area contributed by atoms with Gasteiger partial charge in [0.2, 0.25) is 0 Å². The minimum Gasteiger partial charge on any atom is -0.491 e. The van der Waals surface area contributed by atoms with Gasteiger partial charge < -0.3 is 10.1 Å². The van der Waals surface area contributed by atoms with Crippen LogP contribution in [0.1, 0.15) is 19.8 Å². The summed E-state index contributed by atoms with van der Waals surface area (Å²) in [6, 6.07) is 4.34. The molecule has 0 bridgehead atoms. The van der Waals surface area contributed by atoms with Crippen LogP contribution in [0.3, 0.4) is 0 Å². The van der Waals surface area contributed by atoms with Crippen LogP contribution >= 0.6 is 39.3 Å². The van der Waals surface area contributed by atoms with E-state index in [1.165, 1.54) is 24.3 Å². The van der Waals surface area contributed by atoms with Crippen LogP contribution in [0.4, 0.5) is 5.69 Å². The van der Waals surface area contributed by atoms with Crippen molar-refractivity contribution in [3.63, 3.8) is 0 Å². The van der Waals surface area contributed by atoms with Gasteiger partial charge in [0.05, 0.1) is 16.8 Å². The van der Waals surface area contributed by atoms with Crippen LogP contribution in [0.5, 0.6) is 5.75 Å². The molecule has 0 unspecified atom stereocenters. The summed E-state index contributed by atoms with van der Waals surface area (Å²) in [5.74, 6) is 3.31. The molecule has 0 spiro atoms. The third-order valence-electron chi connectivity index (χ3n) is 2.88. The van der Waals surface area contributed by atoms with Gasteiger partial charge in [-0.3, -0.25) is 0 Å². The number of ether oxygens (including phenoxy) is 1. The SMILES string of the molecule is CCOc1c(Br)cc(Cl)cc1NC1CCSCC1. The lowest BCUT2D eigenvalue weighted by atomic mass is 10.1. The van der Waals surface area contributed by atoms with Gasteiger partial charge in [0.15, 0.2) is 5.75 Å². The van der Waals surface area contributed by atoms with E-state index in [0.717, 1.165) is 20.9 Å². The van der Waals surface area contributed by atoms with Gasteiger partial charge in [-0.2, -0.15) is 11.8 Å². The van der Waals surface area contributed by atoms with E-state index in [0.29, 0.717) is 12.6 Å². The van der Waals surface area contributed by atoms with E-state index in [-0.39, 0.29) is 0 Å². The van der Waals surface area contributed by atoms with E-state index in [1.54, 1.807) is 0 Å². The molecule has 0 radical (unpaired) electrons. The predicted molar refractivity (Wildman–Crippen MR) is 84.3 cm³/mol. The van der Waals surface area contributed by atoms with Crippen LogP contribution in [0.2, 0.25) is 5.02 Å². The number of hydrogen-bond donors (Lipinski definition) is 1. The molecule has 0 amide bonds. The first-order chi connectivity index (χ1) is 8.70. The summed E-state index contributed by atoms with van der Waals surface area (Å²) in [5.41, 5.74) is 0.994. The lowest BCUT2D eigenvalue weighted by Gasteiger charge is -2.25. The molecular weight excluding hydrogens is 334 g/mol. The zero-order valence-electron chi connectivity index (χ0n) is 10.3. The second kappa shape index (κ2) is 6.92. The number of nitrogens with one attached hydrogen (secondary N) is 1. The zero-order valence-corrected chi connectivity index (χ0v) is 13.5. The Morgan fingerprint density at radius 2 is 2.17 bits per heavy atom. The summed E-state index contributed by atoms with van der Waals surface area (Å²) in [6.07, 6.45) is 2.39. The third-order valence-corrected chi connectivity index (χ3v) is 4.73. The van der Waals surface area contributed by atoms with Crippen molar-refractivity contribution in [3.05, 3.63) is 21.6 Å². The fourth-order valence-electron chi connectivity index (χ4n) is 2.02. The third kappa shape index (κ3) is 3.72. The number of hydrogen-bond acceptors (Lipinski definition) is 3. The van der Waals surface area contributed by atoms with Crippen LogP contribution in [-0.2, 0) is 0 Å². The maximum absolute atomic E-state index is 6.11. The fourth-order valence-corrected chi connectivity index (χ4v) is 4.05. The van der Waals surface area contributed by atoms with Gasteiger partial charge in [-0.1, -0.05) is 11.6 Å². The average Bonchev–Trinajstić information content (AvgIpc) is 2.35. The molecule has 1 heterocycles. The molecule has 1 aromatic rings. The minimum absolute atomic E-state index is 0.524. The Balaban J connectivity index is 2.18. The first-order valence-electron chi connectivity index (χ1n) is 6.17.